The van der Waals surface area contributed by atoms with Crippen molar-refractivity contribution in [2.24, 2.45) is 11.8 Å². The molecule has 4 nitrogen and oxygen atoms in total. The van der Waals surface area contributed by atoms with Gasteiger partial charge in [0.2, 0.25) is 0 Å². The summed E-state index contributed by atoms with van der Waals surface area (Å²) in [5, 5.41) is 0. The minimum atomic E-state index is 0.324. The lowest BCUT2D eigenvalue weighted by Gasteiger charge is -2.44. The quantitative estimate of drug-likeness (QED) is 0.161. The summed E-state index contributed by atoms with van der Waals surface area (Å²) in [7, 11) is 3.38. The van der Waals surface area contributed by atoms with Crippen LogP contribution in [0.1, 0.15) is 108 Å². The van der Waals surface area contributed by atoms with Gasteiger partial charge in [-0.1, -0.05) is 104 Å². The van der Waals surface area contributed by atoms with E-state index in [-0.39, 0.29) is 0 Å². The highest BCUT2D eigenvalue weighted by atomic mass is 31.0. The second-order valence-corrected chi connectivity index (χ2v) is 20.0. The number of benzene rings is 1. The molecule has 12 rings (SSSR count). The fourth-order valence-corrected chi connectivity index (χ4v) is 14.5. The molecule has 3 aliphatic heterocycles. The van der Waals surface area contributed by atoms with Gasteiger partial charge in [-0.15, -0.1) is 0 Å². The first-order chi connectivity index (χ1) is 29.2. The molecule has 0 amide bonds. The van der Waals surface area contributed by atoms with Crippen LogP contribution in [0.15, 0.2) is 155 Å². The summed E-state index contributed by atoms with van der Waals surface area (Å²) < 4.78 is 0.904. The van der Waals surface area contributed by atoms with E-state index in [1.54, 1.807) is 22.5 Å². The fourth-order valence-electron chi connectivity index (χ4n) is 13.7. The third-order valence-corrected chi connectivity index (χ3v) is 17.3. The summed E-state index contributed by atoms with van der Waals surface area (Å²) in [5.41, 5.74) is 13.7. The lowest BCUT2D eigenvalue weighted by atomic mass is 9.80. The number of rotatable bonds is 6. The fraction of sp³-hybridized carbons (Fsp3) is 0.444. The Hall–Kier alpha value is -4.29. The third kappa shape index (κ3) is 5.77. The first kappa shape index (κ1) is 36.6. The van der Waals surface area contributed by atoms with Crippen LogP contribution < -0.4 is 4.25 Å². The van der Waals surface area contributed by atoms with Crippen molar-refractivity contribution in [1.82, 2.24) is 19.0 Å². The number of hydrogen-bond acceptors (Lipinski definition) is 3. The number of allylic oxidation sites excluding steroid dienone is 11. The molecule has 1 fully saturated rings. The Bertz CT molecular complexity index is 2350. The minimum Gasteiger partial charge on any atom is -0.364 e. The average Bonchev–Trinajstić information content (AvgIpc) is 3.92. The molecule has 1 aromatic carbocycles. The Balaban J connectivity index is 0.854. The highest BCUT2D eigenvalue weighted by Crippen LogP contribution is 2.56. The van der Waals surface area contributed by atoms with Gasteiger partial charge in [0.1, 0.15) is 17.8 Å². The van der Waals surface area contributed by atoms with Crippen molar-refractivity contribution in [2.45, 2.75) is 138 Å². The van der Waals surface area contributed by atoms with E-state index < -0.39 is 0 Å². The largest absolute Gasteiger partial charge is 0.364 e. The van der Waals surface area contributed by atoms with Crippen LogP contribution in [0.4, 0.5) is 5.69 Å². The van der Waals surface area contributed by atoms with Gasteiger partial charge in [0.05, 0.1) is 27.4 Å². The molecular formula is C54H60N4P+. The Morgan fingerprint density at radius 3 is 2.32 bits per heavy atom. The topological polar surface area (TPSA) is 9.72 Å². The van der Waals surface area contributed by atoms with Crippen LogP contribution in [0.5, 0.6) is 0 Å². The molecule has 1 aromatic rings. The Morgan fingerprint density at radius 1 is 0.695 bits per heavy atom. The van der Waals surface area contributed by atoms with Crippen LogP contribution in [0.25, 0.3) is 0 Å². The Kier molecular flexibility index (Phi) is 9.12. The van der Waals surface area contributed by atoms with Crippen molar-refractivity contribution >= 4 is 15.1 Å². The second kappa shape index (κ2) is 14.7. The van der Waals surface area contributed by atoms with Crippen LogP contribution in [-0.2, 0) is 0 Å². The van der Waals surface area contributed by atoms with Crippen LogP contribution >= 0.6 is 9.39 Å². The molecule has 3 heterocycles. The zero-order chi connectivity index (χ0) is 39.1. The standard InChI is InChI=1S/C54H60N4P/c59-58(53-23-11-5-17-47(53)48-18-6-12-24-54(48)58)42-35-33-39(34-36-42)55(37-25-29-40(30-26-37)56-49-19-7-1-13-43(49)44-14-2-8-20-50(44)56)38-27-31-41(32-28-38)57-51-21-9-3-15-45(51)46-16-4-10-22-52(46)57/h1,3,5,10-13,15,17,22-27,29,33-35,40-42,44,46,48,50,52,54H,2,6-9,14,18-21,28,30-32,36,59H2/q+1. The van der Waals surface area contributed by atoms with Crippen LogP contribution in [0.3, 0.4) is 0 Å². The molecule has 300 valence electrons. The number of quaternary nitrogens is 1. The SMILES string of the molecule is P[N+]1(C2C=CC(N(C3=CCC(N4C5=C(C=CCC5)C5CCCCC54)C=C3)C3=CCC(N4C5=C(C=CCC5)C5C#CC=CC54)CC3)=CC2)c2ccccc2C2CCC=CC21. The average molecular weight is 796 g/mol. The molecule has 0 aromatic heterocycles. The maximum absolute atomic E-state index is 3.61. The van der Waals surface area contributed by atoms with E-state index in [1.165, 1.54) is 86.1 Å². The molecule has 0 saturated heterocycles. The van der Waals surface area contributed by atoms with Crippen molar-refractivity contribution in [3.8, 4) is 11.8 Å². The normalized spacial score (nSPS) is 37.2. The van der Waals surface area contributed by atoms with Crippen LogP contribution in [-0.4, -0.2) is 51.0 Å². The van der Waals surface area contributed by atoms with E-state index in [9.17, 15) is 0 Å². The lowest BCUT2D eigenvalue weighted by Crippen LogP contribution is -2.53. The molecule has 59 heavy (non-hydrogen) atoms. The van der Waals surface area contributed by atoms with E-state index in [0.717, 1.165) is 48.7 Å². The van der Waals surface area contributed by atoms with Gasteiger partial charge in [-0.2, -0.15) is 0 Å². The molecule has 11 unspecified atom stereocenters. The van der Waals surface area contributed by atoms with Gasteiger partial charge in [0.15, 0.2) is 0 Å². The highest BCUT2D eigenvalue weighted by Gasteiger charge is 2.53. The van der Waals surface area contributed by atoms with Gasteiger partial charge in [0.25, 0.3) is 0 Å². The Labute approximate surface area is 355 Å². The molecule has 0 N–H and O–H groups in total. The summed E-state index contributed by atoms with van der Waals surface area (Å²) in [6.45, 7) is 0. The lowest BCUT2D eigenvalue weighted by molar-refractivity contribution is 0.158. The van der Waals surface area contributed by atoms with E-state index in [2.05, 4.69) is 151 Å². The predicted octanol–water partition coefficient (Wildman–Crippen LogP) is 11.7. The maximum atomic E-state index is 3.61. The van der Waals surface area contributed by atoms with Crippen LogP contribution in [0, 0.1) is 23.7 Å². The monoisotopic (exact) mass is 795 g/mol. The summed E-state index contributed by atoms with van der Waals surface area (Å²) in [4.78, 5) is 8.39. The number of fused-ring (bicyclic) bond motifs is 7. The van der Waals surface area contributed by atoms with Crippen molar-refractivity contribution in [3.05, 3.63) is 161 Å². The van der Waals surface area contributed by atoms with Gasteiger partial charge >= 0.3 is 0 Å². The molecule has 0 spiro atoms. The first-order valence-corrected chi connectivity index (χ1v) is 23.9. The molecule has 1 saturated carbocycles. The van der Waals surface area contributed by atoms with Crippen LogP contribution in [0.2, 0.25) is 0 Å². The van der Waals surface area contributed by atoms with Gasteiger partial charge in [-0.05, 0) is 125 Å². The molecule has 0 bridgehead atoms. The van der Waals surface area contributed by atoms with Gasteiger partial charge in [0, 0.05) is 64.4 Å². The molecule has 5 heteroatoms. The van der Waals surface area contributed by atoms with Gasteiger partial charge in [-0.3, -0.25) is 4.25 Å². The molecule has 11 aliphatic rings. The maximum Gasteiger partial charge on any atom is 0.138 e. The third-order valence-electron chi connectivity index (χ3n) is 16.3. The molecule has 0 radical (unpaired) electrons. The summed E-state index contributed by atoms with van der Waals surface area (Å²) in [6, 6.07) is 12.2. The number of para-hydroxylation sites is 1. The van der Waals surface area contributed by atoms with Crippen molar-refractivity contribution in [1.29, 1.82) is 0 Å². The first-order valence-electron chi connectivity index (χ1n) is 23.4. The van der Waals surface area contributed by atoms with Crippen molar-refractivity contribution < 1.29 is 0 Å². The number of nitrogens with zero attached hydrogens (tertiary/aromatic N) is 4. The van der Waals surface area contributed by atoms with E-state index in [4.69, 9.17) is 0 Å². The number of hydrogen-bond donors (Lipinski definition) is 0. The van der Waals surface area contributed by atoms with E-state index >= 15 is 0 Å². The van der Waals surface area contributed by atoms with Gasteiger partial charge < -0.3 is 14.7 Å². The van der Waals surface area contributed by atoms with Crippen molar-refractivity contribution in [2.75, 3.05) is 0 Å². The minimum absolute atomic E-state index is 0.324. The van der Waals surface area contributed by atoms with Crippen molar-refractivity contribution in [3.63, 3.8) is 0 Å². The smallest absolute Gasteiger partial charge is 0.138 e. The molecule has 11 atom stereocenters. The molecular weight excluding hydrogens is 736 g/mol. The summed E-state index contributed by atoms with van der Waals surface area (Å²) in [6.07, 6.45) is 55.2. The van der Waals surface area contributed by atoms with Gasteiger partial charge in [-0.25, -0.2) is 0 Å². The zero-order valence-electron chi connectivity index (χ0n) is 34.6. The zero-order valence-corrected chi connectivity index (χ0v) is 35.8. The summed E-state index contributed by atoms with van der Waals surface area (Å²) in [5.74, 6) is 8.58. The molecule has 8 aliphatic carbocycles. The summed E-state index contributed by atoms with van der Waals surface area (Å²) >= 11 is 0. The second-order valence-electron chi connectivity index (χ2n) is 19.1. The highest BCUT2D eigenvalue weighted by molar-refractivity contribution is 7.16. The van der Waals surface area contributed by atoms with E-state index in [1.807, 2.05) is 0 Å². The predicted molar refractivity (Wildman–Crippen MR) is 246 cm³/mol. The Morgan fingerprint density at radius 2 is 1.51 bits per heavy atom. The van der Waals surface area contributed by atoms with E-state index in [0.29, 0.717) is 48.1 Å².